The van der Waals surface area contributed by atoms with Crippen LogP contribution in [0.3, 0.4) is 0 Å². The summed E-state index contributed by atoms with van der Waals surface area (Å²) < 4.78 is 0. The molecule has 0 spiro atoms. The van der Waals surface area contributed by atoms with Gasteiger partial charge in [0.1, 0.15) is 0 Å². The van der Waals surface area contributed by atoms with E-state index in [0.29, 0.717) is 0 Å². The van der Waals surface area contributed by atoms with Crippen molar-refractivity contribution in [1.82, 2.24) is 5.32 Å². The van der Waals surface area contributed by atoms with E-state index in [-0.39, 0.29) is 17.2 Å². The van der Waals surface area contributed by atoms with Gasteiger partial charge >= 0.3 is 0 Å². The summed E-state index contributed by atoms with van der Waals surface area (Å²) in [5.41, 5.74) is 3.69. The van der Waals surface area contributed by atoms with Crippen LogP contribution in [-0.2, 0) is 11.2 Å². The van der Waals surface area contributed by atoms with E-state index in [4.69, 9.17) is 0 Å². The van der Waals surface area contributed by atoms with Gasteiger partial charge in [0.25, 0.3) is 0 Å². The van der Waals surface area contributed by atoms with E-state index >= 15 is 0 Å². The Bertz CT molecular complexity index is 634. The van der Waals surface area contributed by atoms with Crippen LogP contribution in [-0.4, -0.2) is 11.2 Å². The SMILES string of the molecule is CCc1ccc([C@@H](C)NC(=O)[C@@H](C)Sc2ccc(C)cc2)cc1. The van der Waals surface area contributed by atoms with Crippen molar-refractivity contribution in [3.8, 4) is 0 Å². The minimum absolute atomic E-state index is 0.0227. The molecule has 0 heterocycles. The molecule has 0 aliphatic rings. The molecule has 0 saturated heterocycles. The average Bonchev–Trinajstić information content (AvgIpc) is 2.56. The van der Waals surface area contributed by atoms with Crippen LogP contribution in [0.2, 0.25) is 0 Å². The standard InChI is InChI=1S/C20H25NOS/c1-5-17-8-10-18(11-9-17)15(3)21-20(22)16(4)23-19-12-6-14(2)7-13-19/h6-13,15-16H,5H2,1-4H3,(H,21,22)/t15-,16-/m1/s1. The van der Waals surface area contributed by atoms with Gasteiger partial charge in [-0.1, -0.05) is 48.9 Å². The maximum atomic E-state index is 12.4. The maximum absolute atomic E-state index is 12.4. The smallest absolute Gasteiger partial charge is 0.233 e. The van der Waals surface area contributed by atoms with Crippen LogP contribution >= 0.6 is 11.8 Å². The lowest BCUT2D eigenvalue weighted by Crippen LogP contribution is -2.33. The Kier molecular flexibility index (Phi) is 6.28. The third-order valence-corrected chi connectivity index (χ3v) is 5.06. The normalized spacial score (nSPS) is 13.4. The van der Waals surface area contributed by atoms with Crippen LogP contribution in [0.5, 0.6) is 0 Å². The van der Waals surface area contributed by atoms with Gasteiger partial charge in [-0.15, -0.1) is 11.8 Å². The number of amides is 1. The van der Waals surface area contributed by atoms with E-state index in [2.05, 4.69) is 67.7 Å². The van der Waals surface area contributed by atoms with Crippen LogP contribution in [0.1, 0.15) is 43.5 Å². The fourth-order valence-electron chi connectivity index (χ4n) is 2.33. The Morgan fingerprint density at radius 2 is 1.65 bits per heavy atom. The zero-order chi connectivity index (χ0) is 16.8. The van der Waals surface area contributed by atoms with Crippen LogP contribution in [0, 0.1) is 6.92 Å². The monoisotopic (exact) mass is 327 g/mol. The predicted octanol–water partition coefficient (Wildman–Crippen LogP) is 4.92. The summed E-state index contributed by atoms with van der Waals surface area (Å²) >= 11 is 1.59. The fraction of sp³-hybridized carbons (Fsp3) is 0.350. The van der Waals surface area contributed by atoms with Crippen molar-refractivity contribution < 1.29 is 4.79 Å². The van der Waals surface area contributed by atoms with Gasteiger partial charge < -0.3 is 5.32 Å². The number of benzene rings is 2. The van der Waals surface area contributed by atoms with Crippen molar-refractivity contribution >= 4 is 17.7 Å². The van der Waals surface area contributed by atoms with Gasteiger partial charge in [-0.05, 0) is 50.5 Å². The molecular formula is C20H25NOS. The number of hydrogen-bond acceptors (Lipinski definition) is 2. The van der Waals surface area contributed by atoms with E-state index < -0.39 is 0 Å². The molecule has 2 rings (SSSR count). The first kappa shape index (κ1) is 17.6. The fourth-order valence-corrected chi connectivity index (χ4v) is 3.21. The van der Waals surface area contributed by atoms with Crippen molar-refractivity contribution in [2.75, 3.05) is 0 Å². The molecule has 2 aromatic carbocycles. The van der Waals surface area contributed by atoms with Crippen LogP contribution in [0.15, 0.2) is 53.4 Å². The first-order chi connectivity index (χ1) is 11.0. The van der Waals surface area contributed by atoms with Crippen molar-refractivity contribution in [2.24, 2.45) is 0 Å². The molecule has 1 N–H and O–H groups in total. The molecular weight excluding hydrogens is 302 g/mol. The Morgan fingerprint density at radius 1 is 1.04 bits per heavy atom. The highest BCUT2D eigenvalue weighted by Gasteiger charge is 2.17. The zero-order valence-electron chi connectivity index (χ0n) is 14.3. The molecule has 0 aliphatic heterocycles. The maximum Gasteiger partial charge on any atom is 0.233 e. The van der Waals surface area contributed by atoms with Crippen molar-refractivity contribution in [1.29, 1.82) is 0 Å². The topological polar surface area (TPSA) is 29.1 Å². The molecule has 3 heteroatoms. The highest BCUT2D eigenvalue weighted by molar-refractivity contribution is 8.00. The lowest BCUT2D eigenvalue weighted by molar-refractivity contribution is -0.120. The largest absolute Gasteiger partial charge is 0.349 e. The second kappa shape index (κ2) is 8.21. The molecule has 1 amide bonds. The first-order valence-electron chi connectivity index (χ1n) is 8.12. The summed E-state index contributed by atoms with van der Waals surface area (Å²) in [5, 5.41) is 2.99. The first-order valence-corrected chi connectivity index (χ1v) is 9.00. The molecule has 0 aliphatic carbocycles. The summed E-state index contributed by atoms with van der Waals surface area (Å²) in [6.07, 6.45) is 1.03. The summed E-state index contributed by atoms with van der Waals surface area (Å²) in [6.45, 7) is 8.19. The number of rotatable bonds is 6. The summed E-state index contributed by atoms with van der Waals surface area (Å²) in [4.78, 5) is 13.5. The van der Waals surface area contributed by atoms with Gasteiger partial charge in [-0.25, -0.2) is 0 Å². The molecule has 23 heavy (non-hydrogen) atoms. The van der Waals surface area contributed by atoms with Gasteiger partial charge in [0.05, 0.1) is 11.3 Å². The van der Waals surface area contributed by atoms with Crippen LogP contribution in [0.4, 0.5) is 0 Å². The van der Waals surface area contributed by atoms with E-state index in [1.165, 1.54) is 11.1 Å². The molecule has 0 saturated carbocycles. The number of hydrogen-bond donors (Lipinski definition) is 1. The van der Waals surface area contributed by atoms with Gasteiger partial charge in [-0.2, -0.15) is 0 Å². The lowest BCUT2D eigenvalue weighted by atomic mass is 10.0. The number of thioether (sulfide) groups is 1. The van der Waals surface area contributed by atoms with Gasteiger partial charge in [0, 0.05) is 4.90 Å². The quantitative estimate of drug-likeness (QED) is 0.763. The molecule has 2 atom stereocenters. The number of carbonyl (C=O) groups is 1. The Hall–Kier alpha value is -1.74. The predicted molar refractivity (Wildman–Crippen MR) is 98.9 cm³/mol. The van der Waals surface area contributed by atoms with Crippen molar-refractivity contribution in [3.05, 3.63) is 65.2 Å². The van der Waals surface area contributed by atoms with E-state index in [0.717, 1.165) is 16.9 Å². The second-order valence-electron chi connectivity index (χ2n) is 5.90. The zero-order valence-corrected chi connectivity index (χ0v) is 15.1. The highest BCUT2D eigenvalue weighted by atomic mass is 32.2. The molecule has 0 unspecified atom stereocenters. The highest BCUT2D eigenvalue weighted by Crippen LogP contribution is 2.24. The Labute approximate surface area is 143 Å². The summed E-state index contributed by atoms with van der Waals surface area (Å²) in [7, 11) is 0. The molecule has 2 aromatic rings. The molecule has 0 aromatic heterocycles. The van der Waals surface area contributed by atoms with Crippen LogP contribution < -0.4 is 5.32 Å². The van der Waals surface area contributed by atoms with Crippen molar-refractivity contribution in [2.45, 2.75) is 50.3 Å². The summed E-state index contributed by atoms with van der Waals surface area (Å²) in [6, 6.07) is 16.8. The number of nitrogens with one attached hydrogen (secondary N) is 1. The molecule has 0 fully saturated rings. The van der Waals surface area contributed by atoms with E-state index in [1.807, 2.05) is 13.8 Å². The average molecular weight is 327 g/mol. The molecule has 122 valence electrons. The minimum atomic E-state index is -0.116. The third-order valence-electron chi connectivity index (χ3n) is 3.95. The lowest BCUT2D eigenvalue weighted by Gasteiger charge is -2.18. The number of carbonyl (C=O) groups excluding carboxylic acids is 1. The van der Waals surface area contributed by atoms with E-state index in [9.17, 15) is 4.79 Å². The second-order valence-corrected chi connectivity index (χ2v) is 7.31. The molecule has 2 nitrogen and oxygen atoms in total. The van der Waals surface area contributed by atoms with Gasteiger partial charge in [0.2, 0.25) is 5.91 Å². The van der Waals surface area contributed by atoms with Gasteiger partial charge in [0.15, 0.2) is 0 Å². The van der Waals surface area contributed by atoms with E-state index in [1.54, 1.807) is 11.8 Å². The Balaban J connectivity index is 1.92. The molecule has 0 bridgehead atoms. The van der Waals surface area contributed by atoms with Gasteiger partial charge in [-0.3, -0.25) is 4.79 Å². The molecule has 0 radical (unpaired) electrons. The van der Waals surface area contributed by atoms with Crippen LogP contribution in [0.25, 0.3) is 0 Å². The summed E-state index contributed by atoms with van der Waals surface area (Å²) in [5.74, 6) is 0.0719. The van der Waals surface area contributed by atoms with Crippen molar-refractivity contribution in [3.63, 3.8) is 0 Å². The number of aryl methyl sites for hydroxylation is 2. The Morgan fingerprint density at radius 3 is 2.22 bits per heavy atom. The third kappa shape index (κ3) is 5.14. The minimum Gasteiger partial charge on any atom is -0.349 e.